The normalized spacial score (nSPS) is 10.4. The standard InChI is InChI=1S/C12H11FN2O/c1-2-11-7-10(8-16)14-15(11)12-5-3-9(13)4-6-12/h3-8H,2H2,1H3. The number of aromatic nitrogens is 2. The topological polar surface area (TPSA) is 34.9 Å². The van der Waals surface area contributed by atoms with Gasteiger partial charge in [0.1, 0.15) is 11.5 Å². The van der Waals surface area contributed by atoms with Gasteiger partial charge in [-0.1, -0.05) is 6.92 Å². The maximum Gasteiger partial charge on any atom is 0.170 e. The number of carbonyl (C=O) groups excluding carboxylic acids is 1. The highest BCUT2D eigenvalue weighted by Crippen LogP contribution is 2.13. The van der Waals surface area contributed by atoms with Gasteiger partial charge in [-0.2, -0.15) is 5.10 Å². The zero-order chi connectivity index (χ0) is 11.5. The van der Waals surface area contributed by atoms with Gasteiger partial charge in [0.2, 0.25) is 0 Å². The van der Waals surface area contributed by atoms with Crippen molar-refractivity contribution < 1.29 is 9.18 Å². The lowest BCUT2D eigenvalue weighted by molar-refractivity contribution is 0.111. The molecule has 0 saturated heterocycles. The molecule has 0 fully saturated rings. The van der Waals surface area contributed by atoms with Crippen LogP contribution < -0.4 is 0 Å². The predicted molar refractivity (Wildman–Crippen MR) is 58.3 cm³/mol. The minimum Gasteiger partial charge on any atom is -0.296 e. The van der Waals surface area contributed by atoms with Crippen molar-refractivity contribution in [1.29, 1.82) is 0 Å². The van der Waals surface area contributed by atoms with Crippen LogP contribution in [-0.4, -0.2) is 16.1 Å². The van der Waals surface area contributed by atoms with Crippen LogP contribution in [0.2, 0.25) is 0 Å². The van der Waals surface area contributed by atoms with E-state index in [1.807, 2.05) is 6.92 Å². The molecule has 0 aliphatic rings. The van der Waals surface area contributed by atoms with Gasteiger partial charge < -0.3 is 0 Å². The van der Waals surface area contributed by atoms with E-state index in [1.165, 1.54) is 12.1 Å². The first kappa shape index (κ1) is 10.5. The SMILES string of the molecule is CCc1cc(C=O)nn1-c1ccc(F)cc1. The third-order valence-electron chi connectivity index (χ3n) is 2.36. The molecular formula is C12H11FN2O. The number of aldehydes is 1. The first-order valence-electron chi connectivity index (χ1n) is 5.04. The first-order chi connectivity index (χ1) is 7.74. The molecule has 1 heterocycles. The molecule has 0 aliphatic carbocycles. The van der Waals surface area contributed by atoms with Crippen LogP contribution in [0.3, 0.4) is 0 Å². The van der Waals surface area contributed by atoms with E-state index in [0.717, 1.165) is 17.8 Å². The summed E-state index contributed by atoms with van der Waals surface area (Å²) in [6.07, 6.45) is 1.47. The molecule has 2 aromatic rings. The Morgan fingerprint density at radius 1 is 1.38 bits per heavy atom. The van der Waals surface area contributed by atoms with Crippen molar-refractivity contribution in [1.82, 2.24) is 9.78 Å². The van der Waals surface area contributed by atoms with Crippen molar-refractivity contribution in [3.05, 3.63) is 47.5 Å². The van der Waals surface area contributed by atoms with E-state index in [0.29, 0.717) is 12.0 Å². The fraction of sp³-hybridized carbons (Fsp3) is 0.167. The molecule has 1 aromatic carbocycles. The van der Waals surface area contributed by atoms with E-state index in [2.05, 4.69) is 5.10 Å². The molecule has 3 nitrogen and oxygen atoms in total. The summed E-state index contributed by atoms with van der Waals surface area (Å²) in [5.74, 6) is -0.287. The summed E-state index contributed by atoms with van der Waals surface area (Å²) in [6.45, 7) is 1.98. The Bertz CT molecular complexity index is 502. The minimum atomic E-state index is -0.287. The molecule has 0 unspecified atom stereocenters. The summed E-state index contributed by atoms with van der Waals surface area (Å²) >= 11 is 0. The second-order valence-corrected chi connectivity index (χ2v) is 3.42. The van der Waals surface area contributed by atoms with Crippen molar-refractivity contribution in [2.45, 2.75) is 13.3 Å². The van der Waals surface area contributed by atoms with Gasteiger partial charge in [0, 0.05) is 5.69 Å². The van der Waals surface area contributed by atoms with Crippen LogP contribution in [0, 0.1) is 5.82 Å². The molecular weight excluding hydrogens is 207 g/mol. The van der Waals surface area contributed by atoms with E-state index < -0.39 is 0 Å². The van der Waals surface area contributed by atoms with Crippen molar-refractivity contribution in [3.63, 3.8) is 0 Å². The Morgan fingerprint density at radius 2 is 2.06 bits per heavy atom. The predicted octanol–water partition coefficient (Wildman–Crippen LogP) is 2.39. The fourth-order valence-corrected chi connectivity index (χ4v) is 1.56. The number of nitrogens with zero attached hydrogens (tertiary/aromatic N) is 2. The van der Waals surface area contributed by atoms with Crippen LogP contribution in [0.25, 0.3) is 5.69 Å². The van der Waals surface area contributed by atoms with E-state index in [4.69, 9.17) is 0 Å². The third-order valence-corrected chi connectivity index (χ3v) is 2.36. The third kappa shape index (κ3) is 1.86. The first-order valence-corrected chi connectivity index (χ1v) is 5.04. The number of benzene rings is 1. The molecule has 4 heteroatoms. The van der Waals surface area contributed by atoms with Gasteiger partial charge >= 0.3 is 0 Å². The molecule has 2 rings (SSSR count). The summed E-state index contributed by atoms with van der Waals surface area (Å²) in [5.41, 5.74) is 2.07. The molecule has 0 atom stereocenters. The molecule has 82 valence electrons. The smallest absolute Gasteiger partial charge is 0.170 e. The second kappa shape index (κ2) is 4.26. The Kier molecular flexibility index (Phi) is 2.81. The van der Waals surface area contributed by atoms with Crippen LogP contribution in [0.5, 0.6) is 0 Å². The zero-order valence-electron chi connectivity index (χ0n) is 8.85. The summed E-state index contributed by atoms with van der Waals surface area (Å²) in [5, 5.41) is 4.13. The van der Waals surface area contributed by atoms with Crippen molar-refractivity contribution in [2.75, 3.05) is 0 Å². The summed E-state index contributed by atoms with van der Waals surface area (Å²) in [6, 6.07) is 7.75. The molecule has 0 amide bonds. The fourth-order valence-electron chi connectivity index (χ4n) is 1.56. The molecule has 0 saturated carbocycles. The van der Waals surface area contributed by atoms with Crippen molar-refractivity contribution in [2.24, 2.45) is 0 Å². The van der Waals surface area contributed by atoms with Gasteiger partial charge in [-0.3, -0.25) is 4.79 Å². The highest BCUT2D eigenvalue weighted by molar-refractivity contribution is 5.72. The highest BCUT2D eigenvalue weighted by Gasteiger charge is 2.07. The lowest BCUT2D eigenvalue weighted by Crippen LogP contribution is -2.01. The van der Waals surface area contributed by atoms with E-state index in [1.54, 1.807) is 22.9 Å². The van der Waals surface area contributed by atoms with E-state index >= 15 is 0 Å². The average Bonchev–Trinajstić information content (AvgIpc) is 2.73. The summed E-state index contributed by atoms with van der Waals surface area (Å²) < 4.78 is 14.4. The van der Waals surface area contributed by atoms with Gasteiger partial charge in [0.05, 0.1) is 5.69 Å². The summed E-state index contributed by atoms with van der Waals surface area (Å²) in [4.78, 5) is 10.6. The maximum absolute atomic E-state index is 12.8. The van der Waals surface area contributed by atoms with Crippen LogP contribution in [0.1, 0.15) is 23.1 Å². The molecule has 0 radical (unpaired) electrons. The maximum atomic E-state index is 12.8. The zero-order valence-corrected chi connectivity index (χ0v) is 8.85. The van der Waals surface area contributed by atoms with E-state index in [9.17, 15) is 9.18 Å². The Balaban J connectivity index is 2.49. The number of rotatable bonds is 3. The van der Waals surface area contributed by atoms with Crippen LogP contribution in [0.15, 0.2) is 30.3 Å². The lowest BCUT2D eigenvalue weighted by Gasteiger charge is -2.04. The molecule has 0 aliphatic heterocycles. The summed E-state index contributed by atoms with van der Waals surface area (Å²) in [7, 11) is 0. The largest absolute Gasteiger partial charge is 0.296 e. The van der Waals surface area contributed by atoms with E-state index in [-0.39, 0.29) is 5.82 Å². The Morgan fingerprint density at radius 3 is 2.62 bits per heavy atom. The molecule has 1 aromatic heterocycles. The number of halogens is 1. The number of hydrogen-bond donors (Lipinski definition) is 0. The van der Waals surface area contributed by atoms with Crippen molar-refractivity contribution >= 4 is 6.29 Å². The van der Waals surface area contributed by atoms with Gasteiger partial charge in [-0.05, 0) is 36.8 Å². The van der Waals surface area contributed by atoms with Crippen LogP contribution in [-0.2, 0) is 6.42 Å². The monoisotopic (exact) mass is 218 g/mol. The average molecular weight is 218 g/mol. The van der Waals surface area contributed by atoms with Crippen molar-refractivity contribution in [3.8, 4) is 5.69 Å². The molecule has 0 N–H and O–H groups in total. The molecule has 16 heavy (non-hydrogen) atoms. The van der Waals surface area contributed by atoms with Crippen LogP contribution >= 0.6 is 0 Å². The number of aryl methyl sites for hydroxylation is 1. The van der Waals surface area contributed by atoms with Gasteiger partial charge in [-0.25, -0.2) is 9.07 Å². The van der Waals surface area contributed by atoms with Gasteiger partial charge in [0.25, 0.3) is 0 Å². The Labute approximate surface area is 92.5 Å². The number of carbonyl (C=O) groups is 1. The number of hydrogen-bond acceptors (Lipinski definition) is 2. The van der Waals surface area contributed by atoms with Gasteiger partial charge in [-0.15, -0.1) is 0 Å². The Hall–Kier alpha value is -1.97. The molecule has 0 bridgehead atoms. The molecule has 0 spiro atoms. The second-order valence-electron chi connectivity index (χ2n) is 3.42. The van der Waals surface area contributed by atoms with Crippen LogP contribution in [0.4, 0.5) is 4.39 Å². The highest BCUT2D eigenvalue weighted by atomic mass is 19.1. The lowest BCUT2D eigenvalue weighted by atomic mass is 10.2. The minimum absolute atomic E-state index is 0.287. The quantitative estimate of drug-likeness (QED) is 0.741. The van der Waals surface area contributed by atoms with Gasteiger partial charge in [0.15, 0.2) is 6.29 Å².